The lowest BCUT2D eigenvalue weighted by molar-refractivity contribution is -0.127. The summed E-state index contributed by atoms with van der Waals surface area (Å²) in [7, 11) is -4.83. The van der Waals surface area contributed by atoms with Crippen LogP contribution in [0.2, 0.25) is 0 Å². The van der Waals surface area contributed by atoms with Gasteiger partial charge in [0.1, 0.15) is 11.6 Å². The summed E-state index contributed by atoms with van der Waals surface area (Å²) in [6, 6.07) is 1.97. The van der Waals surface area contributed by atoms with E-state index >= 15 is 0 Å². The number of hydrogen-bond acceptors (Lipinski definition) is 3. The largest absolute Gasteiger partial charge is 0.446 e. The maximum Gasteiger partial charge on any atom is 0.446 e. The first kappa shape index (κ1) is 13.7. The van der Waals surface area contributed by atoms with Gasteiger partial charge in [0.25, 0.3) is 0 Å². The van der Waals surface area contributed by atoms with Gasteiger partial charge in [-0.1, -0.05) is 6.07 Å². The molecule has 0 fully saturated rings. The Morgan fingerprint density at radius 2 is 1.88 bits per heavy atom. The maximum atomic E-state index is 13.1. The van der Waals surface area contributed by atoms with Crippen LogP contribution in [-0.4, -0.2) is 19.1 Å². The predicted molar refractivity (Wildman–Crippen MR) is 48.3 cm³/mol. The lowest BCUT2D eigenvalue weighted by Crippen LogP contribution is -2.13. The second kappa shape index (κ2) is 4.49. The van der Waals surface area contributed by atoms with E-state index in [1.807, 2.05) is 0 Å². The summed E-state index contributed by atoms with van der Waals surface area (Å²) in [5.41, 5.74) is -0.653. The van der Waals surface area contributed by atoms with Gasteiger partial charge in [0.15, 0.2) is 0 Å². The van der Waals surface area contributed by atoms with Crippen molar-refractivity contribution in [1.82, 2.24) is 0 Å². The first-order chi connectivity index (χ1) is 7.57. The summed E-state index contributed by atoms with van der Waals surface area (Å²) in [5.74, 6) is -1.89. The molecule has 0 saturated carbocycles. The van der Waals surface area contributed by atoms with Crippen LogP contribution in [0, 0.1) is 5.82 Å². The zero-order valence-corrected chi connectivity index (χ0v) is 8.85. The van der Waals surface area contributed by atoms with E-state index < -0.39 is 40.1 Å². The molecule has 0 aliphatic rings. The zero-order valence-electron chi connectivity index (χ0n) is 8.03. The van der Waals surface area contributed by atoms with Gasteiger partial charge in [0, 0.05) is 6.07 Å². The molecule has 1 aromatic carbocycles. The van der Waals surface area contributed by atoms with E-state index in [1.165, 1.54) is 0 Å². The normalized spacial score (nSPS) is 12.5. The third-order valence-corrected chi connectivity index (χ3v) is 2.02. The lowest BCUT2D eigenvalue weighted by atomic mass is 10.1. The highest BCUT2D eigenvalue weighted by Crippen LogP contribution is 2.25. The SMILES string of the molecule is O=S(=O)(O)Oc1ccc(CC(F)(F)F)c(F)c1. The smallest absolute Gasteiger partial charge is 0.362 e. The molecule has 0 amide bonds. The average Bonchev–Trinajstić information content (AvgIpc) is 2.05. The fourth-order valence-corrected chi connectivity index (χ4v) is 1.41. The van der Waals surface area contributed by atoms with Gasteiger partial charge in [-0.3, -0.25) is 4.55 Å². The zero-order chi connectivity index (χ0) is 13.3. The standard InChI is InChI=1S/C8H6F4O4S/c9-7-3-6(16-17(13,14)15)2-1-5(7)4-8(10,11)12/h1-3H,4H2,(H,13,14,15). The van der Waals surface area contributed by atoms with Crippen LogP contribution < -0.4 is 4.18 Å². The fourth-order valence-electron chi connectivity index (χ4n) is 1.06. The maximum absolute atomic E-state index is 13.1. The number of rotatable bonds is 3. The van der Waals surface area contributed by atoms with Gasteiger partial charge in [0.05, 0.1) is 6.42 Å². The number of alkyl halides is 3. The van der Waals surface area contributed by atoms with Crippen LogP contribution in [0.25, 0.3) is 0 Å². The average molecular weight is 274 g/mol. The molecule has 0 bridgehead atoms. The van der Waals surface area contributed by atoms with Gasteiger partial charge < -0.3 is 4.18 Å². The molecule has 0 atom stereocenters. The van der Waals surface area contributed by atoms with Crippen molar-refractivity contribution >= 4 is 10.4 Å². The second-order valence-electron chi connectivity index (χ2n) is 3.06. The topological polar surface area (TPSA) is 63.6 Å². The quantitative estimate of drug-likeness (QED) is 0.677. The fraction of sp³-hybridized carbons (Fsp3) is 0.250. The molecule has 17 heavy (non-hydrogen) atoms. The van der Waals surface area contributed by atoms with Gasteiger partial charge in [0.2, 0.25) is 0 Å². The van der Waals surface area contributed by atoms with Gasteiger partial charge in [-0.25, -0.2) is 4.39 Å². The Balaban J connectivity index is 2.94. The van der Waals surface area contributed by atoms with E-state index in [0.717, 1.165) is 12.1 Å². The Hall–Kier alpha value is -1.35. The molecule has 0 radical (unpaired) electrons. The Bertz CT molecular complexity index is 509. The molecule has 0 aliphatic heterocycles. The summed E-state index contributed by atoms with van der Waals surface area (Å²) in [6.45, 7) is 0. The monoisotopic (exact) mass is 274 g/mol. The molecule has 0 unspecified atom stereocenters. The van der Waals surface area contributed by atoms with Crippen LogP contribution >= 0.6 is 0 Å². The molecular formula is C8H6F4O4S. The summed E-state index contributed by atoms with van der Waals surface area (Å²) in [4.78, 5) is 0. The molecule has 1 N–H and O–H groups in total. The highest BCUT2D eigenvalue weighted by atomic mass is 32.3. The molecule has 0 aromatic heterocycles. The molecule has 96 valence electrons. The van der Waals surface area contributed by atoms with Crippen molar-refractivity contribution in [2.24, 2.45) is 0 Å². The van der Waals surface area contributed by atoms with Crippen molar-refractivity contribution < 1.29 is 34.7 Å². The van der Waals surface area contributed by atoms with Gasteiger partial charge in [-0.05, 0) is 11.6 Å². The molecule has 4 nitrogen and oxygen atoms in total. The van der Waals surface area contributed by atoms with E-state index in [1.54, 1.807) is 0 Å². The van der Waals surface area contributed by atoms with Crippen molar-refractivity contribution in [3.63, 3.8) is 0 Å². The van der Waals surface area contributed by atoms with Crippen molar-refractivity contribution in [2.45, 2.75) is 12.6 Å². The van der Waals surface area contributed by atoms with E-state index in [4.69, 9.17) is 4.55 Å². The van der Waals surface area contributed by atoms with Crippen molar-refractivity contribution in [3.05, 3.63) is 29.6 Å². The Morgan fingerprint density at radius 1 is 1.29 bits per heavy atom. The molecule has 9 heteroatoms. The van der Waals surface area contributed by atoms with Crippen molar-refractivity contribution in [1.29, 1.82) is 0 Å². The van der Waals surface area contributed by atoms with Crippen LogP contribution in [0.5, 0.6) is 5.75 Å². The Labute approximate surface area is 93.8 Å². The third kappa shape index (κ3) is 5.00. The van der Waals surface area contributed by atoms with E-state index in [9.17, 15) is 26.0 Å². The Morgan fingerprint density at radius 3 is 2.29 bits per heavy atom. The summed E-state index contributed by atoms with van der Waals surface area (Å²) >= 11 is 0. The molecule has 1 rings (SSSR count). The molecule has 0 aliphatic carbocycles. The highest BCUT2D eigenvalue weighted by molar-refractivity contribution is 7.81. The minimum Gasteiger partial charge on any atom is -0.362 e. The molecule has 0 heterocycles. The third-order valence-electron chi connectivity index (χ3n) is 1.62. The van der Waals surface area contributed by atoms with Crippen LogP contribution in [0.1, 0.15) is 5.56 Å². The van der Waals surface area contributed by atoms with Crippen LogP contribution in [0.3, 0.4) is 0 Å². The van der Waals surface area contributed by atoms with Crippen LogP contribution in [0.15, 0.2) is 18.2 Å². The van der Waals surface area contributed by atoms with E-state index in [-0.39, 0.29) is 0 Å². The van der Waals surface area contributed by atoms with Gasteiger partial charge in [-0.15, -0.1) is 0 Å². The lowest BCUT2D eigenvalue weighted by Gasteiger charge is -2.08. The minimum absolute atomic E-state index is 0.439. The molecule has 0 saturated heterocycles. The predicted octanol–water partition coefficient (Wildman–Crippen LogP) is 2.11. The van der Waals surface area contributed by atoms with Gasteiger partial charge >= 0.3 is 16.6 Å². The van der Waals surface area contributed by atoms with Crippen LogP contribution in [-0.2, 0) is 16.8 Å². The van der Waals surface area contributed by atoms with E-state index in [0.29, 0.717) is 6.07 Å². The van der Waals surface area contributed by atoms with Crippen LogP contribution in [0.4, 0.5) is 17.6 Å². The second-order valence-corrected chi connectivity index (χ2v) is 4.08. The summed E-state index contributed by atoms with van der Waals surface area (Å²) in [5, 5.41) is 0. The molecule has 1 aromatic rings. The first-order valence-corrected chi connectivity index (χ1v) is 5.45. The van der Waals surface area contributed by atoms with Crippen molar-refractivity contribution in [2.75, 3.05) is 0 Å². The Kier molecular flexibility index (Phi) is 3.62. The van der Waals surface area contributed by atoms with Gasteiger partial charge in [-0.2, -0.15) is 21.6 Å². The minimum atomic E-state index is -4.83. The molecule has 0 spiro atoms. The summed E-state index contributed by atoms with van der Waals surface area (Å²) < 4.78 is 81.6. The number of benzene rings is 1. The highest BCUT2D eigenvalue weighted by Gasteiger charge is 2.29. The molecular weight excluding hydrogens is 268 g/mol. The number of hydrogen-bond donors (Lipinski definition) is 1. The summed E-state index contributed by atoms with van der Waals surface area (Å²) in [6.07, 6.45) is -6.06. The van der Waals surface area contributed by atoms with Crippen molar-refractivity contribution in [3.8, 4) is 5.75 Å². The number of halogens is 4. The van der Waals surface area contributed by atoms with E-state index in [2.05, 4.69) is 4.18 Å². The first-order valence-electron chi connectivity index (χ1n) is 4.09.